The molecule has 32 heavy (non-hydrogen) atoms. The molecular formula is C21H18ClF4N3O3. The zero-order valence-electron chi connectivity index (χ0n) is 17.0. The number of hydrogen-bond acceptors (Lipinski definition) is 5. The van der Waals surface area contributed by atoms with Crippen molar-refractivity contribution in [3.8, 4) is 11.5 Å². The molecule has 1 aromatic heterocycles. The van der Waals surface area contributed by atoms with E-state index in [0.29, 0.717) is 16.8 Å². The lowest BCUT2D eigenvalue weighted by Crippen LogP contribution is -2.20. The summed E-state index contributed by atoms with van der Waals surface area (Å²) in [5.74, 6) is -0.535. The van der Waals surface area contributed by atoms with Crippen LogP contribution in [0.25, 0.3) is 0 Å². The predicted octanol–water partition coefficient (Wildman–Crippen LogP) is 5.09. The summed E-state index contributed by atoms with van der Waals surface area (Å²) in [6, 6.07) is 8.31. The van der Waals surface area contributed by atoms with Gasteiger partial charge in [-0.05, 0) is 42.3 Å². The molecule has 0 amide bonds. The fraction of sp³-hybridized carbons (Fsp3) is 0.238. The van der Waals surface area contributed by atoms with Gasteiger partial charge in [-0.25, -0.2) is 4.39 Å². The van der Waals surface area contributed by atoms with Crippen LogP contribution in [0.5, 0.6) is 11.5 Å². The van der Waals surface area contributed by atoms with Crippen molar-refractivity contribution in [2.24, 2.45) is 0 Å². The van der Waals surface area contributed by atoms with Crippen LogP contribution in [0.3, 0.4) is 0 Å². The molecule has 0 bridgehead atoms. The quantitative estimate of drug-likeness (QED) is 0.486. The van der Waals surface area contributed by atoms with Gasteiger partial charge in [0.1, 0.15) is 11.6 Å². The molecule has 1 heterocycles. The molecule has 0 saturated heterocycles. The molecule has 0 fully saturated rings. The van der Waals surface area contributed by atoms with Gasteiger partial charge < -0.3 is 19.4 Å². The Bertz CT molecular complexity index is 1160. The van der Waals surface area contributed by atoms with Gasteiger partial charge in [0.25, 0.3) is 0 Å². The minimum atomic E-state index is -4.48. The van der Waals surface area contributed by atoms with Crippen molar-refractivity contribution < 1.29 is 27.0 Å². The number of benzene rings is 2. The first-order valence-electron chi connectivity index (χ1n) is 9.22. The summed E-state index contributed by atoms with van der Waals surface area (Å²) in [7, 11) is 1.31. The molecule has 6 nitrogen and oxygen atoms in total. The minimum absolute atomic E-state index is 0.0188. The van der Waals surface area contributed by atoms with Gasteiger partial charge in [-0.1, -0.05) is 17.7 Å². The third-order valence-electron chi connectivity index (χ3n) is 4.32. The van der Waals surface area contributed by atoms with Crippen LogP contribution in [0, 0.1) is 12.7 Å². The van der Waals surface area contributed by atoms with Gasteiger partial charge >= 0.3 is 11.7 Å². The molecule has 0 saturated carbocycles. The number of anilines is 2. The third-order valence-corrected chi connectivity index (χ3v) is 4.53. The fourth-order valence-electron chi connectivity index (χ4n) is 2.84. The Kier molecular flexibility index (Phi) is 6.93. The maximum absolute atomic E-state index is 13.7. The van der Waals surface area contributed by atoms with Crippen LogP contribution in [-0.4, -0.2) is 29.4 Å². The maximum atomic E-state index is 13.7. The van der Waals surface area contributed by atoms with Gasteiger partial charge in [-0.3, -0.25) is 4.79 Å². The van der Waals surface area contributed by atoms with E-state index in [1.165, 1.54) is 36.1 Å². The monoisotopic (exact) mass is 471 g/mol. The van der Waals surface area contributed by atoms with Crippen LogP contribution in [0.15, 0.2) is 47.4 Å². The number of alkyl halides is 3. The Balaban J connectivity index is 1.97. The van der Waals surface area contributed by atoms with Crippen LogP contribution >= 0.6 is 11.6 Å². The highest BCUT2D eigenvalue weighted by Crippen LogP contribution is 2.27. The van der Waals surface area contributed by atoms with Crippen LogP contribution in [0.2, 0.25) is 5.02 Å². The SMILES string of the molecule is COc1cn(Cc2cc(F)cc(Cl)c2)c(Nc2cc(OCC(F)(F)F)ccc2C)nc1=O. The van der Waals surface area contributed by atoms with Gasteiger partial charge in [0.2, 0.25) is 11.7 Å². The Hall–Kier alpha value is -3.27. The lowest BCUT2D eigenvalue weighted by Gasteiger charge is -2.17. The highest BCUT2D eigenvalue weighted by atomic mass is 35.5. The van der Waals surface area contributed by atoms with Crippen molar-refractivity contribution >= 4 is 23.2 Å². The number of halogens is 5. The van der Waals surface area contributed by atoms with E-state index in [4.69, 9.17) is 21.1 Å². The van der Waals surface area contributed by atoms with E-state index in [-0.39, 0.29) is 29.0 Å². The topological polar surface area (TPSA) is 65.4 Å². The summed E-state index contributed by atoms with van der Waals surface area (Å²) >= 11 is 5.92. The van der Waals surface area contributed by atoms with E-state index in [1.807, 2.05) is 0 Å². The first-order chi connectivity index (χ1) is 15.0. The Morgan fingerprint density at radius 2 is 1.94 bits per heavy atom. The van der Waals surface area contributed by atoms with Crippen molar-refractivity contribution in [1.29, 1.82) is 0 Å². The molecule has 3 aromatic rings. The summed E-state index contributed by atoms with van der Waals surface area (Å²) in [6.45, 7) is 0.349. The van der Waals surface area contributed by atoms with Gasteiger partial charge in [-0.15, -0.1) is 0 Å². The molecule has 0 aliphatic heterocycles. The standard InChI is InChI=1S/C21H18ClF4N3O3/c1-12-3-4-16(32-11-21(24,25)26)8-17(12)27-20-28-19(30)18(31-2)10-29(20)9-13-5-14(22)7-15(23)6-13/h3-8,10H,9,11H2,1-2H3,(H,27,28,30). The second-order valence-electron chi connectivity index (χ2n) is 6.85. The van der Waals surface area contributed by atoms with Gasteiger partial charge in [0.15, 0.2) is 6.61 Å². The molecule has 0 aliphatic rings. The number of methoxy groups -OCH3 is 1. The Morgan fingerprint density at radius 1 is 1.19 bits per heavy atom. The van der Waals surface area contributed by atoms with E-state index in [1.54, 1.807) is 19.1 Å². The van der Waals surface area contributed by atoms with Crippen LogP contribution in [0.4, 0.5) is 29.2 Å². The molecule has 170 valence electrons. The lowest BCUT2D eigenvalue weighted by molar-refractivity contribution is -0.153. The van der Waals surface area contributed by atoms with E-state index in [9.17, 15) is 22.4 Å². The molecule has 3 rings (SSSR count). The summed E-state index contributed by atoms with van der Waals surface area (Å²) in [6.07, 6.45) is -3.10. The molecule has 0 atom stereocenters. The zero-order chi connectivity index (χ0) is 23.5. The molecular weight excluding hydrogens is 454 g/mol. The van der Waals surface area contributed by atoms with Gasteiger partial charge in [0.05, 0.1) is 19.9 Å². The number of hydrogen-bond donors (Lipinski definition) is 1. The number of nitrogens with one attached hydrogen (secondary N) is 1. The van der Waals surface area contributed by atoms with Crippen molar-refractivity contribution in [3.63, 3.8) is 0 Å². The minimum Gasteiger partial charge on any atom is -0.490 e. The molecule has 0 radical (unpaired) electrons. The van der Waals surface area contributed by atoms with Crippen molar-refractivity contribution in [3.05, 3.63) is 74.9 Å². The normalized spacial score (nSPS) is 11.3. The highest BCUT2D eigenvalue weighted by Gasteiger charge is 2.28. The maximum Gasteiger partial charge on any atom is 0.422 e. The molecule has 1 N–H and O–H groups in total. The van der Waals surface area contributed by atoms with E-state index < -0.39 is 24.2 Å². The predicted molar refractivity (Wildman–Crippen MR) is 112 cm³/mol. The van der Waals surface area contributed by atoms with E-state index in [2.05, 4.69) is 10.3 Å². The van der Waals surface area contributed by atoms with Crippen LogP contribution in [-0.2, 0) is 6.54 Å². The lowest BCUT2D eigenvalue weighted by atomic mass is 10.2. The molecule has 11 heteroatoms. The average molecular weight is 472 g/mol. The fourth-order valence-corrected chi connectivity index (χ4v) is 3.09. The Morgan fingerprint density at radius 3 is 2.59 bits per heavy atom. The number of aryl methyl sites for hydroxylation is 1. The first-order valence-corrected chi connectivity index (χ1v) is 9.59. The second-order valence-corrected chi connectivity index (χ2v) is 7.29. The molecule has 2 aromatic carbocycles. The van der Waals surface area contributed by atoms with E-state index in [0.717, 1.165) is 6.07 Å². The molecule has 0 spiro atoms. The number of rotatable bonds is 7. The first kappa shape index (κ1) is 23.4. The Labute approximate surface area is 185 Å². The highest BCUT2D eigenvalue weighted by molar-refractivity contribution is 6.30. The number of aromatic nitrogens is 2. The van der Waals surface area contributed by atoms with Crippen molar-refractivity contribution in [2.45, 2.75) is 19.6 Å². The number of nitrogens with zero attached hydrogens (tertiary/aromatic N) is 2. The van der Waals surface area contributed by atoms with Crippen LogP contribution in [0.1, 0.15) is 11.1 Å². The van der Waals surface area contributed by atoms with Crippen molar-refractivity contribution in [1.82, 2.24) is 9.55 Å². The zero-order valence-corrected chi connectivity index (χ0v) is 17.7. The summed E-state index contributed by atoms with van der Waals surface area (Å²) in [5.41, 5.74) is 0.859. The van der Waals surface area contributed by atoms with Crippen LogP contribution < -0.4 is 20.3 Å². The largest absolute Gasteiger partial charge is 0.490 e. The molecule has 0 aliphatic carbocycles. The summed E-state index contributed by atoms with van der Waals surface area (Å²) in [5, 5.41) is 3.12. The number of ether oxygens (including phenoxy) is 2. The smallest absolute Gasteiger partial charge is 0.422 e. The van der Waals surface area contributed by atoms with Gasteiger partial charge in [-0.2, -0.15) is 18.2 Å². The van der Waals surface area contributed by atoms with Crippen molar-refractivity contribution in [2.75, 3.05) is 19.0 Å². The van der Waals surface area contributed by atoms with E-state index >= 15 is 0 Å². The third kappa shape index (κ3) is 6.13. The van der Waals surface area contributed by atoms with Gasteiger partial charge in [0, 0.05) is 16.8 Å². The second kappa shape index (κ2) is 9.47. The summed E-state index contributed by atoms with van der Waals surface area (Å²) in [4.78, 5) is 16.2. The average Bonchev–Trinajstić information content (AvgIpc) is 2.69. The molecule has 0 unspecified atom stereocenters. The summed E-state index contributed by atoms with van der Waals surface area (Å²) < 4.78 is 62.5.